The monoisotopic (exact) mass is 1270 g/mol. The standard InChI is InChI=1S/C74H90N8O11/c1-36-29-56-39(4)51(22-27-69(87)91-17)62(78-56)35-63-52(23-28-70(88)92-18)40(5)58(79-63)33-59-42(7)72(45(10)83)64(80-59)30-53(75)41(6)71(36)47(12)93-48(13)74-44(9)61-34-65-73(46(11)84)43(8)60(81-65)32-57-38(3)50(21-26-68(86)90-16)54(77-57)24-19-49(20-25-67(85)89-15)37(2)55(76-14)31-66(74)82-61/h19,24,29-35,45-48,75,78,80-84H,20-23,25-28H2,1-18H3. The number of nitrogens with one attached hydrogen (secondary N) is 5. The molecule has 19 heteroatoms. The second-order valence-electron chi connectivity index (χ2n) is 24.3. The minimum absolute atomic E-state index is 0.0952. The number of ether oxygens (including phenoxy) is 5. The molecule has 0 saturated carbocycles. The van der Waals surface area contributed by atoms with Gasteiger partial charge in [-0.1, -0.05) is 6.07 Å². The first-order valence-corrected chi connectivity index (χ1v) is 31.6. The van der Waals surface area contributed by atoms with E-state index in [-0.39, 0.29) is 54.9 Å². The summed E-state index contributed by atoms with van der Waals surface area (Å²) in [6.07, 6.45) is -1.21. The number of fused-ring (bicyclic) bond motifs is 12. The number of rotatable bonds is 18. The molecular formula is C74H90N8O11. The Bertz CT molecular complexity index is 4530. The second-order valence-corrected chi connectivity index (χ2v) is 24.3. The summed E-state index contributed by atoms with van der Waals surface area (Å²) in [5.74, 6) is -1.43. The zero-order valence-corrected chi connectivity index (χ0v) is 57.1. The van der Waals surface area contributed by atoms with Gasteiger partial charge in [0, 0.05) is 93.6 Å². The van der Waals surface area contributed by atoms with Gasteiger partial charge in [-0.2, -0.15) is 0 Å². The van der Waals surface area contributed by atoms with Crippen molar-refractivity contribution in [3.05, 3.63) is 160 Å². The van der Waals surface area contributed by atoms with Crippen molar-refractivity contribution in [3.63, 3.8) is 0 Å². The number of aromatic nitrogens is 6. The Labute approximate surface area is 543 Å². The Morgan fingerprint density at radius 1 is 0.462 bits per heavy atom. The quantitative estimate of drug-likeness (QED) is 0.0312. The molecule has 12 bridgehead atoms. The maximum atomic E-state index is 12.8. The van der Waals surface area contributed by atoms with Gasteiger partial charge in [0.05, 0.1) is 86.3 Å². The Morgan fingerprint density at radius 2 is 0.882 bits per heavy atom. The lowest BCUT2D eigenvalue weighted by molar-refractivity contribution is -0.141. The van der Waals surface area contributed by atoms with Crippen LogP contribution in [0.4, 0.5) is 0 Å². The van der Waals surface area contributed by atoms with Crippen molar-refractivity contribution < 1.29 is 53.1 Å². The van der Waals surface area contributed by atoms with Crippen molar-refractivity contribution in [2.75, 3.05) is 35.5 Å². The van der Waals surface area contributed by atoms with E-state index in [1.165, 1.54) is 28.4 Å². The van der Waals surface area contributed by atoms with Crippen molar-refractivity contribution in [1.29, 1.82) is 5.41 Å². The number of nitrogens with zero attached hydrogens (tertiary/aromatic N) is 3. The predicted octanol–water partition coefficient (Wildman–Crippen LogP) is 13.6. The van der Waals surface area contributed by atoms with E-state index in [1.54, 1.807) is 27.0 Å². The first-order chi connectivity index (χ1) is 44.1. The predicted molar refractivity (Wildman–Crippen MR) is 364 cm³/mol. The SMILES string of the molecule is CN=c1cc2[nH]c(cc3[nH]c(cc4nc(ccc(CCC(=O)OC)c1C)C(CCC(=O)OC)=C4C)c(C)c3C(C)O)c(C)c2C(C)OC(C)c1c(C)cc2[nH]c(cc3nc(cc4[nH]c(cc(=N)c1C)c(C(C)O)c4C)C(C)=C3CCC(=O)OC)c(CCC(=O)OC)c2C. The molecule has 0 amide bonds. The van der Waals surface area contributed by atoms with Gasteiger partial charge in [-0.15, -0.1) is 0 Å². The fourth-order valence-corrected chi connectivity index (χ4v) is 13.2. The maximum Gasteiger partial charge on any atom is 0.305 e. The molecule has 0 fully saturated rings. The Kier molecular flexibility index (Phi) is 22.3. The van der Waals surface area contributed by atoms with Gasteiger partial charge in [-0.25, -0.2) is 9.97 Å². The van der Waals surface area contributed by atoms with Crippen LogP contribution in [0.15, 0.2) is 59.6 Å². The van der Waals surface area contributed by atoms with Crippen LogP contribution >= 0.6 is 0 Å². The summed E-state index contributed by atoms with van der Waals surface area (Å²) in [5, 5.41) is 33.7. The van der Waals surface area contributed by atoms with Gasteiger partial charge in [0.1, 0.15) is 0 Å². The highest BCUT2D eigenvalue weighted by atomic mass is 16.5. The summed E-state index contributed by atoms with van der Waals surface area (Å²) >= 11 is 0. The van der Waals surface area contributed by atoms with Crippen molar-refractivity contribution >= 4 is 90.3 Å². The first kappa shape index (κ1) is 69.8. The number of aliphatic hydroxyl groups excluding tert-OH is 2. The lowest BCUT2D eigenvalue weighted by atomic mass is 9.98. The van der Waals surface area contributed by atoms with Gasteiger partial charge in [0.2, 0.25) is 0 Å². The van der Waals surface area contributed by atoms with Gasteiger partial charge in [0.25, 0.3) is 0 Å². The third-order valence-electron chi connectivity index (χ3n) is 18.5. The number of hydrogen-bond acceptors (Lipinski definition) is 15. The number of aliphatic hydroxyl groups is 2. The molecule has 19 nitrogen and oxygen atoms in total. The van der Waals surface area contributed by atoms with Crippen LogP contribution in [0.3, 0.4) is 0 Å². The highest BCUT2D eigenvalue weighted by Gasteiger charge is 2.26. The average molecular weight is 1270 g/mol. The molecule has 492 valence electrons. The summed E-state index contributed by atoms with van der Waals surface area (Å²) in [6.45, 7) is 25.2. The van der Waals surface area contributed by atoms with Gasteiger partial charge >= 0.3 is 23.9 Å². The normalized spacial score (nSPS) is 13.8. The molecular weight excluding hydrogens is 1180 g/mol. The number of allylic oxidation sites excluding steroid dienone is 4. The molecule has 2 aliphatic rings. The number of methoxy groups -OCH3 is 4. The summed E-state index contributed by atoms with van der Waals surface area (Å²) < 4.78 is 27.7. The van der Waals surface area contributed by atoms with E-state index in [1.807, 2.05) is 125 Å². The van der Waals surface area contributed by atoms with Crippen molar-refractivity contribution in [3.8, 4) is 0 Å². The molecule has 7 N–H and O–H groups in total. The van der Waals surface area contributed by atoms with Crippen LogP contribution in [0, 0.1) is 53.9 Å². The molecule has 8 rings (SSSR count). The third-order valence-corrected chi connectivity index (χ3v) is 18.5. The van der Waals surface area contributed by atoms with E-state index in [0.29, 0.717) is 92.6 Å². The molecule has 4 atom stereocenters. The van der Waals surface area contributed by atoms with E-state index < -0.39 is 24.4 Å². The highest BCUT2D eigenvalue weighted by molar-refractivity contribution is 5.95. The van der Waals surface area contributed by atoms with Crippen molar-refractivity contribution in [1.82, 2.24) is 29.9 Å². The Balaban J connectivity index is 1.43. The minimum Gasteiger partial charge on any atom is -0.469 e. The smallest absolute Gasteiger partial charge is 0.305 e. The fraction of sp³-hybridized carbons (Fsp3) is 0.405. The van der Waals surface area contributed by atoms with Crippen LogP contribution in [0.1, 0.15) is 200 Å². The zero-order valence-electron chi connectivity index (χ0n) is 57.1. The molecule has 0 spiro atoms. The molecule has 0 aliphatic carbocycles. The van der Waals surface area contributed by atoms with E-state index in [9.17, 15) is 34.8 Å². The molecule has 0 saturated heterocycles. The number of carbonyl (C=O) groups excluding carboxylic acids is 4. The van der Waals surface area contributed by atoms with Crippen LogP contribution < -0.4 is 10.7 Å². The molecule has 8 heterocycles. The molecule has 4 unspecified atom stereocenters. The molecule has 2 aliphatic heterocycles. The van der Waals surface area contributed by atoms with Crippen LogP contribution in [-0.2, 0) is 55.7 Å². The van der Waals surface area contributed by atoms with Crippen molar-refractivity contribution in [2.24, 2.45) is 4.99 Å². The molecule has 6 aromatic rings. The molecule has 93 heavy (non-hydrogen) atoms. The van der Waals surface area contributed by atoms with Gasteiger partial charge in [-0.3, -0.25) is 24.2 Å². The lowest BCUT2D eigenvalue weighted by Crippen LogP contribution is -2.13. The third kappa shape index (κ3) is 15.1. The zero-order chi connectivity index (χ0) is 68.0. The topological polar surface area (TPSA) is 280 Å². The number of H-pyrrole nitrogens is 4. The number of aryl methyl sites for hydroxylation is 7. The van der Waals surface area contributed by atoms with E-state index in [2.05, 4.69) is 19.9 Å². The number of aromatic amines is 4. The highest BCUT2D eigenvalue weighted by Crippen LogP contribution is 2.39. The minimum atomic E-state index is -0.907. The molecule has 6 aromatic heterocycles. The summed E-state index contributed by atoms with van der Waals surface area (Å²) in [4.78, 5) is 80.7. The van der Waals surface area contributed by atoms with Crippen LogP contribution in [0.25, 0.3) is 66.4 Å². The molecule has 0 aromatic carbocycles. The van der Waals surface area contributed by atoms with E-state index >= 15 is 0 Å². The summed E-state index contributed by atoms with van der Waals surface area (Å²) in [5.41, 5.74) is 21.9. The largest absolute Gasteiger partial charge is 0.469 e. The average Bonchev–Trinajstić information content (AvgIpc) is 1.65. The Morgan fingerprint density at radius 3 is 1.40 bits per heavy atom. The number of carbonyl (C=O) groups is 4. The number of esters is 4. The summed E-state index contributed by atoms with van der Waals surface area (Å²) in [6, 6.07) is 17.5. The van der Waals surface area contributed by atoms with Crippen LogP contribution in [0.2, 0.25) is 0 Å². The van der Waals surface area contributed by atoms with Gasteiger partial charge < -0.3 is 59.2 Å². The van der Waals surface area contributed by atoms with Gasteiger partial charge in [-0.05, 0) is 242 Å². The molecule has 0 radical (unpaired) electrons. The fourth-order valence-electron chi connectivity index (χ4n) is 13.2. The van der Waals surface area contributed by atoms with Crippen LogP contribution in [0.5, 0.6) is 0 Å². The van der Waals surface area contributed by atoms with E-state index in [4.69, 9.17) is 38.6 Å². The Hall–Kier alpha value is -9.04. The summed E-state index contributed by atoms with van der Waals surface area (Å²) in [7, 11) is 7.20. The number of hydrogen-bond donors (Lipinski definition) is 7. The van der Waals surface area contributed by atoms with Crippen molar-refractivity contribution in [2.45, 2.75) is 166 Å². The van der Waals surface area contributed by atoms with Crippen LogP contribution in [-0.4, -0.2) is 99.5 Å². The van der Waals surface area contributed by atoms with Gasteiger partial charge in [0.15, 0.2) is 0 Å². The first-order valence-electron chi connectivity index (χ1n) is 31.6. The van der Waals surface area contributed by atoms with E-state index in [0.717, 1.165) is 100.0 Å². The lowest BCUT2D eigenvalue weighted by Gasteiger charge is -2.22. The second kappa shape index (κ2) is 29.7. The maximum absolute atomic E-state index is 12.8.